The van der Waals surface area contributed by atoms with Gasteiger partial charge in [-0.15, -0.1) is 0 Å². The second-order valence-corrected chi connectivity index (χ2v) is 5.24. The first-order valence-corrected chi connectivity index (χ1v) is 6.70. The first-order chi connectivity index (χ1) is 9.49. The van der Waals surface area contributed by atoms with E-state index < -0.39 is 17.7 Å². The molecule has 0 amide bonds. The average Bonchev–Trinajstić information content (AvgIpc) is 2.43. The highest BCUT2D eigenvalue weighted by atomic mass is 19.1. The predicted octanol–water partition coefficient (Wildman–Crippen LogP) is 4.36. The fourth-order valence-electron chi connectivity index (χ4n) is 2.14. The fourth-order valence-corrected chi connectivity index (χ4v) is 2.14. The van der Waals surface area contributed by atoms with Gasteiger partial charge in [0.15, 0.2) is 0 Å². The zero-order valence-electron chi connectivity index (χ0n) is 11.6. The van der Waals surface area contributed by atoms with Gasteiger partial charge in [-0.05, 0) is 29.2 Å². The second kappa shape index (κ2) is 6.14. The van der Waals surface area contributed by atoms with Crippen LogP contribution < -0.4 is 0 Å². The highest BCUT2D eigenvalue weighted by molar-refractivity contribution is 5.28. The molecule has 0 saturated heterocycles. The molecular formula is C17H18F2O. The number of aliphatic hydroxyl groups is 1. The number of halogens is 2. The van der Waals surface area contributed by atoms with Gasteiger partial charge in [0, 0.05) is 12.0 Å². The molecule has 1 N–H and O–H groups in total. The molecule has 0 aliphatic heterocycles. The maximum Gasteiger partial charge on any atom is 0.129 e. The van der Waals surface area contributed by atoms with Gasteiger partial charge in [-0.3, -0.25) is 0 Å². The summed E-state index contributed by atoms with van der Waals surface area (Å²) < 4.78 is 27.1. The van der Waals surface area contributed by atoms with Crippen LogP contribution in [0.4, 0.5) is 8.78 Å². The quantitative estimate of drug-likeness (QED) is 0.879. The van der Waals surface area contributed by atoms with Crippen LogP contribution in [0, 0.1) is 11.6 Å². The first-order valence-electron chi connectivity index (χ1n) is 6.70. The van der Waals surface area contributed by atoms with Crippen LogP contribution in [0.3, 0.4) is 0 Å². The molecular weight excluding hydrogens is 258 g/mol. The minimum Gasteiger partial charge on any atom is -0.388 e. The summed E-state index contributed by atoms with van der Waals surface area (Å²) in [5.74, 6) is -0.837. The van der Waals surface area contributed by atoms with Gasteiger partial charge in [0.05, 0.1) is 6.10 Å². The molecule has 0 saturated carbocycles. The van der Waals surface area contributed by atoms with E-state index in [4.69, 9.17) is 0 Å². The zero-order valence-corrected chi connectivity index (χ0v) is 11.6. The summed E-state index contributed by atoms with van der Waals surface area (Å²) >= 11 is 0. The maximum atomic E-state index is 13.5. The first kappa shape index (κ1) is 14.7. The standard InChI is InChI=1S/C17H18F2O/c1-11(2)12-6-8-13(9-7-12)17(20)10-14-15(18)4-3-5-16(14)19/h3-9,11,17,20H,10H2,1-2H3. The molecule has 1 unspecified atom stereocenters. The van der Waals surface area contributed by atoms with E-state index >= 15 is 0 Å². The topological polar surface area (TPSA) is 20.2 Å². The van der Waals surface area contributed by atoms with E-state index in [0.29, 0.717) is 11.5 Å². The van der Waals surface area contributed by atoms with Gasteiger partial charge in [0.1, 0.15) is 11.6 Å². The van der Waals surface area contributed by atoms with Gasteiger partial charge in [0.25, 0.3) is 0 Å². The molecule has 0 aliphatic carbocycles. The Labute approximate surface area is 117 Å². The van der Waals surface area contributed by atoms with E-state index in [1.807, 2.05) is 12.1 Å². The third kappa shape index (κ3) is 3.23. The number of aliphatic hydroxyl groups excluding tert-OH is 1. The minimum atomic E-state index is -0.914. The smallest absolute Gasteiger partial charge is 0.129 e. The van der Waals surface area contributed by atoms with E-state index in [1.165, 1.54) is 18.2 Å². The van der Waals surface area contributed by atoms with Crippen molar-refractivity contribution in [1.82, 2.24) is 0 Å². The van der Waals surface area contributed by atoms with Crippen LogP contribution in [-0.2, 0) is 6.42 Å². The van der Waals surface area contributed by atoms with Crippen molar-refractivity contribution < 1.29 is 13.9 Å². The van der Waals surface area contributed by atoms with Crippen molar-refractivity contribution >= 4 is 0 Å². The van der Waals surface area contributed by atoms with Crippen LogP contribution in [0.15, 0.2) is 42.5 Å². The summed E-state index contributed by atoms with van der Waals surface area (Å²) in [6, 6.07) is 11.2. The van der Waals surface area contributed by atoms with Gasteiger partial charge in [0.2, 0.25) is 0 Å². The van der Waals surface area contributed by atoms with Crippen LogP contribution in [0.5, 0.6) is 0 Å². The number of benzene rings is 2. The molecule has 106 valence electrons. The monoisotopic (exact) mass is 276 g/mol. The lowest BCUT2D eigenvalue weighted by atomic mass is 9.97. The third-order valence-corrected chi connectivity index (χ3v) is 3.45. The minimum absolute atomic E-state index is 0.0699. The molecule has 0 spiro atoms. The molecule has 0 bridgehead atoms. The molecule has 0 radical (unpaired) electrons. The van der Waals surface area contributed by atoms with Gasteiger partial charge < -0.3 is 5.11 Å². The average molecular weight is 276 g/mol. The Kier molecular flexibility index (Phi) is 4.50. The van der Waals surface area contributed by atoms with E-state index in [2.05, 4.69) is 13.8 Å². The van der Waals surface area contributed by atoms with Crippen molar-refractivity contribution in [3.63, 3.8) is 0 Å². The van der Waals surface area contributed by atoms with Crippen LogP contribution in [0.25, 0.3) is 0 Å². The molecule has 3 heteroatoms. The lowest BCUT2D eigenvalue weighted by Gasteiger charge is -2.14. The SMILES string of the molecule is CC(C)c1ccc(C(O)Cc2c(F)cccc2F)cc1. The molecule has 20 heavy (non-hydrogen) atoms. The van der Waals surface area contributed by atoms with E-state index in [0.717, 1.165) is 5.56 Å². The van der Waals surface area contributed by atoms with Crippen molar-refractivity contribution in [2.45, 2.75) is 32.3 Å². The molecule has 0 fully saturated rings. The fraction of sp³-hybridized carbons (Fsp3) is 0.294. The highest BCUT2D eigenvalue weighted by Crippen LogP contribution is 2.24. The zero-order chi connectivity index (χ0) is 14.7. The van der Waals surface area contributed by atoms with Crippen LogP contribution in [0.2, 0.25) is 0 Å². The van der Waals surface area contributed by atoms with E-state index in [9.17, 15) is 13.9 Å². The van der Waals surface area contributed by atoms with Crippen LogP contribution >= 0.6 is 0 Å². The molecule has 2 aromatic rings. The normalized spacial score (nSPS) is 12.7. The summed E-state index contributed by atoms with van der Waals surface area (Å²) in [5.41, 5.74) is 1.75. The molecule has 0 heterocycles. The van der Waals surface area contributed by atoms with Crippen molar-refractivity contribution in [1.29, 1.82) is 0 Å². The summed E-state index contributed by atoms with van der Waals surface area (Å²) in [4.78, 5) is 0. The Bertz CT molecular complexity index is 556. The highest BCUT2D eigenvalue weighted by Gasteiger charge is 2.15. The Hall–Kier alpha value is -1.74. The molecule has 2 aromatic carbocycles. The molecule has 1 atom stereocenters. The summed E-state index contributed by atoms with van der Waals surface area (Å²) in [5, 5.41) is 10.1. The van der Waals surface area contributed by atoms with Crippen molar-refractivity contribution in [2.75, 3.05) is 0 Å². The van der Waals surface area contributed by atoms with Gasteiger partial charge in [-0.2, -0.15) is 0 Å². The molecule has 0 aliphatic rings. The van der Waals surface area contributed by atoms with Gasteiger partial charge >= 0.3 is 0 Å². The second-order valence-electron chi connectivity index (χ2n) is 5.24. The summed E-state index contributed by atoms with van der Waals surface area (Å²) in [6.07, 6.45) is -0.984. The van der Waals surface area contributed by atoms with Crippen LogP contribution in [0.1, 0.15) is 42.6 Å². The Morgan fingerprint density at radius 1 is 0.900 bits per heavy atom. The lowest BCUT2D eigenvalue weighted by Crippen LogP contribution is -2.06. The summed E-state index contributed by atoms with van der Waals surface area (Å²) in [7, 11) is 0. The number of hydrogen-bond donors (Lipinski definition) is 1. The Balaban J connectivity index is 2.17. The molecule has 0 aromatic heterocycles. The lowest BCUT2D eigenvalue weighted by molar-refractivity contribution is 0.175. The maximum absolute atomic E-state index is 13.5. The van der Waals surface area contributed by atoms with E-state index in [-0.39, 0.29) is 12.0 Å². The van der Waals surface area contributed by atoms with Crippen molar-refractivity contribution in [3.8, 4) is 0 Å². The molecule has 2 rings (SSSR count). The Morgan fingerprint density at radius 2 is 1.40 bits per heavy atom. The van der Waals surface area contributed by atoms with Crippen molar-refractivity contribution in [2.24, 2.45) is 0 Å². The largest absolute Gasteiger partial charge is 0.388 e. The van der Waals surface area contributed by atoms with Crippen LogP contribution in [-0.4, -0.2) is 5.11 Å². The van der Waals surface area contributed by atoms with E-state index in [1.54, 1.807) is 12.1 Å². The summed E-state index contributed by atoms with van der Waals surface area (Å²) in [6.45, 7) is 4.17. The third-order valence-electron chi connectivity index (χ3n) is 3.45. The predicted molar refractivity (Wildman–Crippen MR) is 75.6 cm³/mol. The molecule has 1 nitrogen and oxygen atoms in total. The Morgan fingerprint density at radius 3 is 1.90 bits per heavy atom. The number of hydrogen-bond acceptors (Lipinski definition) is 1. The van der Waals surface area contributed by atoms with Crippen molar-refractivity contribution in [3.05, 3.63) is 70.8 Å². The van der Waals surface area contributed by atoms with Gasteiger partial charge in [-0.1, -0.05) is 44.2 Å². The van der Waals surface area contributed by atoms with Gasteiger partial charge in [-0.25, -0.2) is 8.78 Å². The number of rotatable bonds is 4.